The predicted octanol–water partition coefficient (Wildman–Crippen LogP) is 3.82. The van der Waals surface area contributed by atoms with E-state index in [0.29, 0.717) is 5.92 Å². The molecule has 1 aliphatic carbocycles. The monoisotopic (exact) mass is 255 g/mol. The largest absolute Gasteiger partial charge is 0.309 e. The number of fused-ring (bicyclic) bond motifs is 1. The first-order valence-corrected chi connectivity index (χ1v) is 6.81. The smallest absolute Gasteiger partial charge is 0.127 e. The molecule has 0 heterocycles. The molecule has 2 aromatic carbocycles. The lowest BCUT2D eigenvalue weighted by atomic mass is 9.77. The van der Waals surface area contributed by atoms with Gasteiger partial charge in [0.1, 0.15) is 5.82 Å². The number of hydrogen-bond donors (Lipinski definition) is 1. The molecular formula is C17H18FN. The highest BCUT2D eigenvalue weighted by Gasteiger charge is 2.25. The summed E-state index contributed by atoms with van der Waals surface area (Å²) in [7, 11) is 0. The van der Waals surface area contributed by atoms with Crippen LogP contribution in [0.3, 0.4) is 0 Å². The van der Waals surface area contributed by atoms with E-state index in [9.17, 15) is 4.39 Å². The van der Waals surface area contributed by atoms with Crippen molar-refractivity contribution in [2.45, 2.75) is 25.3 Å². The first kappa shape index (κ1) is 12.4. The van der Waals surface area contributed by atoms with Crippen molar-refractivity contribution in [1.29, 1.82) is 0 Å². The molecule has 0 amide bonds. The first-order chi connectivity index (χ1) is 9.25. The molecule has 1 N–H and O–H groups in total. The minimum atomic E-state index is -0.128. The highest BCUT2D eigenvalue weighted by Crippen LogP contribution is 2.34. The maximum absolute atomic E-state index is 13.7. The molecule has 2 atom stereocenters. The molecule has 0 radical (unpaired) electrons. The predicted molar refractivity (Wildman–Crippen MR) is 75.7 cm³/mol. The van der Waals surface area contributed by atoms with E-state index in [1.807, 2.05) is 19.1 Å². The lowest BCUT2D eigenvalue weighted by Gasteiger charge is -2.31. The fraction of sp³-hybridized carbons (Fsp3) is 0.294. The fourth-order valence-corrected chi connectivity index (χ4v) is 2.80. The van der Waals surface area contributed by atoms with Crippen molar-refractivity contribution in [3.05, 3.63) is 71.0 Å². The Morgan fingerprint density at radius 1 is 1.16 bits per heavy atom. The van der Waals surface area contributed by atoms with Gasteiger partial charge in [0.25, 0.3) is 0 Å². The Morgan fingerprint density at radius 3 is 2.68 bits per heavy atom. The standard InChI is InChI=1S/C17H18FN/c1-12(15-7-4-5-9-17(15)18)19-11-14-10-13-6-2-3-8-16(13)14/h2-9,12,14,19H,10-11H2,1H3. The lowest BCUT2D eigenvalue weighted by molar-refractivity contribution is 0.474. The van der Waals surface area contributed by atoms with Crippen molar-refractivity contribution in [3.8, 4) is 0 Å². The van der Waals surface area contributed by atoms with Crippen LogP contribution in [-0.2, 0) is 6.42 Å². The maximum Gasteiger partial charge on any atom is 0.127 e. The highest BCUT2D eigenvalue weighted by atomic mass is 19.1. The van der Waals surface area contributed by atoms with E-state index >= 15 is 0 Å². The molecule has 19 heavy (non-hydrogen) atoms. The van der Waals surface area contributed by atoms with Crippen LogP contribution in [-0.4, -0.2) is 6.54 Å². The van der Waals surface area contributed by atoms with Crippen molar-refractivity contribution in [1.82, 2.24) is 5.32 Å². The summed E-state index contributed by atoms with van der Waals surface area (Å²) in [5.41, 5.74) is 3.64. The second-order valence-corrected chi connectivity index (χ2v) is 5.25. The van der Waals surface area contributed by atoms with Gasteiger partial charge in [-0.25, -0.2) is 4.39 Å². The molecule has 0 aromatic heterocycles. The van der Waals surface area contributed by atoms with Gasteiger partial charge >= 0.3 is 0 Å². The van der Waals surface area contributed by atoms with Crippen LogP contribution in [0.2, 0.25) is 0 Å². The average molecular weight is 255 g/mol. The zero-order valence-corrected chi connectivity index (χ0v) is 11.1. The van der Waals surface area contributed by atoms with E-state index in [-0.39, 0.29) is 11.9 Å². The van der Waals surface area contributed by atoms with E-state index in [2.05, 4.69) is 29.6 Å². The molecule has 0 saturated heterocycles. The van der Waals surface area contributed by atoms with Gasteiger partial charge in [-0.2, -0.15) is 0 Å². The summed E-state index contributed by atoms with van der Waals surface area (Å²) in [6.45, 7) is 2.93. The second kappa shape index (κ2) is 5.14. The van der Waals surface area contributed by atoms with Gasteiger partial charge in [0.2, 0.25) is 0 Å². The molecule has 0 spiro atoms. The Hall–Kier alpha value is -1.67. The van der Waals surface area contributed by atoms with Crippen LogP contribution >= 0.6 is 0 Å². The van der Waals surface area contributed by atoms with Crippen LogP contribution in [0.25, 0.3) is 0 Å². The molecule has 2 aromatic rings. The molecule has 3 rings (SSSR count). The molecule has 1 nitrogen and oxygen atoms in total. The molecule has 0 aliphatic heterocycles. The van der Waals surface area contributed by atoms with Gasteiger partial charge in [-0.05, 0) is 30.5 Å². The van der Waals surface area contributed by atoms with E-state index in [4.69, 9.17) is 0 Å². The first-order valence-electron chi connectivity index (χ1n) is 6.81. The molecule has 2 unspecified atom stereocenters. The Balaban J connectivity index is 1.61. The average Bonchev–Trinajstić information content (AvgIpc) is 2.40. The van der Waals surface area contributed by atoms with E-state index in [0.717, 1.165) is 18.5 Å². The fourth-order valence-electron chi connectivity index (χ4n) is 2.80. The Morgan fingerprint density at radius 2 is 1.89 bits per heavy atom. The van der Waals surface area contributed by atoms with E-state index in [1.165, 1.54) is 17.2 Å². The zero-order chi connectivity index (χ0) is 13.2. The minimum Gasteiger partial charge on any atom is -0.309 e. The van der Waals surface area contributed by atoms with Crippen molar-refractivity contribution < 1.29 is 4.39 Å². The van der Waals surface area contributed by atoms with Gasteiger partial charge in [0.05, 0.1) is 0 Å². The summed E-state index contributed by atoms with van der Waals surface area (Å²) in [6.07, 6.45) is 1.13. The normalized spacial score (nSPS) is 18.5. The Bertz CT molecular complexity index is 579. The summed E-state index contributed by atoms with van der Waals surface area (Å²) in [5, 5.41) is 3.44. The Kier molecular flexibility index (Phi) is 3.34. The number of benzene rings is 2. The van der Waals surface area contributed by atoms with E-state index in [1.54, 1.807) is 6.07 Å². The van der Waals surface area contributed by atoms with Gasteiger partial charge in [0.15, 0.2) is 0 Å². The molecule has 0 bridgehead atoms. The Labute approximate surface area is 113 Å². The van der Waals surface area contributed by atoms with Gasteiger partial charge in [-0.3, -0.25) is 0 Å². The van der Waals surface area contributed by atoms with Gasteiger partial charge in [-0.1, -0.05) is 42.5 Å². The summed E-state index contributed by atoms with van der Waals surface area (Å²) in [5.74, 6) is 0.446. The molecule has 1 aliphatic rings. The van der Waals surface area contributed by atoms with E-state index < -0.39 is 0 Å². The van der Waals surface area contributed by atoms with Crippen LogP contribution in [0.5, 0.6) is 0 Å². The molecule has 0 fully saturated rings. The third-order valence-corrected chi connectivity index (χ3v) is 4.00. The second-order valence-electron chi connectivity index (χ2n) is 5.25. The minimum absolute atomic E-state index is 0.0500. The third kappa shape index (κ3) is 2.41. The van der Waals surface area contributed by atoms with Crippen molar-refractivity contribution in [2.75, 3.05) is 6.54 Å². The number of halogens is 1. The van der Waals surface area contributed by atoms with Crippen molar-refractivity contribution in [2.24, 2.45) is 0 Å². The van der Waals surface area contributed by atoms with Crippen LogP contribution < -0.4 is 5.32 Å². The zero-order valence-electron chi connectivity index (χ0n) is 11.1. The SMILES string of the molecule is CC(NCC1Cc2ccccc21)c1ccccc1F. The summed E-state index contributed by atoms with van der Waals surface area (Å²) >= 11 is 0. The van der Waals surface area contributed by atoms with Crippen LogP contribution in [0.4, 0.5) is 4.39 Å². The summed E-state index contributed by atoms with van der Waals surface area (Å²) < 4.78 is 13.7. The molecular weight excluding hydrogens is 237 g/mol. The molecule has 98 valence electrons. The van der Waals surface area contributed by atoms with Gasteiger partial charge in [0, 0.05) is 24.1 Å². The van der Waals surface area contributed by atoms with Crippen molar-refractivity contribution >= 4 is 0 Å². The summed E-state index contributed by atoms with van der Waals surface area (Å²) in [6, 6.07) is 15.6. The quantitative estimate of drug-likeness (QED) is 0.876. The third-order valence-electron chi connectivity index (χ3n) is 4.00. The van der Waals surface area contributed by atoms with Crippen LogP contribution in [0, 0.1) is 5.82 Å². The van der Waals surface area contributed by atoms with Crippen LogP contribution in [0.1, 0.15) is 35.6 Å². The van der Waals surface area contributed by atoms with Gasteiger partial charge in [-0.15, -0.1) is 0 Å². The number of rotatable bonds is 4. The molecule has 2 heteroatoms. The summed E-state index contributed by atoms with van der Waals surface area (Å²) in [4.78, 5) is 0. The maximum atomic E-state index is 13.7. The number of hydrogen-bond acceptors (Lipinski definition) is 1. The number of nitrogens with one attached hydrogen (secondary N) is 1. The van der Waals surface area contributed by atoms with Gasteiger partial charge < -0.3 is 5.32 Å². The van der Waals surface area contributed by atoms with Crippen LogP contribution in [0.15, 0.2) is 48.5 Å². The topological polar surface area (TPSA) is 12.0 Å². The highest BCUT2D eigenvalue weighted by molar-refractivity contribution is 5.40. The lowest BCUT2D eigenvalue weighted by Crippen LogP contribution is -2.31. The van der Waals surface area contributed by atoms with Crippen molar-refractivity contribution in [3.63, 3.8) is 0 Å². The molecule has 0 saturated carbocycles.